The summed E-state index contributed by atoms with van der Waals surface area (Å²) in [4.78, 5) is 28.6. The summed E-state index contributed by atoms with van der Waals surface area (Å²) in [5.74, 6) is -0.0168. The fourth-order valence-electron chi connectivity index (χ4n) is 5.64. The monoisotopic (exact) mass is 507 g/mol. The summed E-state index contributed by atoms with van der Waals surface area (Å²) in [5.41, 5.74) is 2.37. The molecule has 1 aliphatic rings. The number of rotatable bonds is 10. The van der Waals surface area contributed by atoms with Crippen molar-refractivity contribution in [2.75, 3.05) is 6.54 Å². The second kappa shape index (κ2) is 12.6. The molecule has 1 heterocycles. The van der Waals surface area contributed by atoms with Gasteiger partial charge in [0.05, 0.1) is 17.5 Å². The molecule has 1 unspecified atom stereocenters. The average molecular weight is 508 g/mol. The van der Waals surface area contributed by atoms with Crippen LogP contribution in [0.3, 0.4) is 0 Å². The number of likely N-dealkylation sites (tertiary alicyclic amines) is 1. The van der Waals surface area contributed by atoms with Crippen LogP contribution in [0.2, 0.25) is 0 Å². The summed E-state index contributed by atoms with van der Waals surface area (Å²) in [7, 11) is 0. The predicted octanol–water partition coefficient (Wildman–Crippen LogP) is 6.17. The van der Waals surface area contributed by atoms with Gasteiger partial charge >= 0.3 is 0 Å². The van der Waals surface area contributed by atoms with E-state index in [4.69, 9.17) is 0 Å². The summed E-state index contributed by atoms with van der Waals surface area (Å²) in [6, 6.07) is 31.5. The maximum absolute atomic E-state index is 13.5. The SMILES string of the molecule is CC(C)C(C#N)(CCCC(=O)N1CCC[C@H]1C(=O)NC(c1ccccc1)c1ccccc1)c1ccccc1. The molecule has 38 heavy (non-hydrogen) atoms. The van der Waals surface area contributed by atoms with E-state index in [1.807, 2.05) is 91.0 Å². The first kappa shape index (κ1) is 27.1. The Bertz CT molecular complexity index is 1200. The van der Waals surface area contributed by atoms with Gasteiger partial charge in [-0.15, -0.1) is 0 Å². The van der Waals surface area contributed by atoms with Crippen LogP contribution in [0.15, 0.2) is 91.0 Å². The first-order valence-corrected chi connectivity index (χ1v) is 13.6. The molecule has 3 aromatic carbocycles. The normalized spacial score (nSPS) is 16.7. The van der Waals surface area contributed by atoms with Crippen molar-refractivity contribution in [3.05, 3.63) is 108 Å². The van der Waals surface area contributed by atoms with Crippen molar-refractivity contribution < 1.29 is 9.59 Å². The number of nitrogens with one attached hydrogen (secondary N) is 1. The fourth-order valence-corrected chi connectivity index (χ4v) is 5.64. The van der Waals surface area contributed by atoms with Crippen molar-refractivity contribution in [2.24, 2.45) is 5.92 Å². The van der Waals surface area contributed by atoms with Gasteiger partial charge in [0.15, 0.2) is 0 Å². The van der Waals surface area contributed by atoms with Gasteiger partial charge in [-0.05, 0) is 48.3 Å². The minimum absolute atomic E-state index is 0.0118. The molecule has 0 radical (unpaired) electrons. The first-order valence-electron chi connectivity index (χ1n) is 13.6. The standard InChI is InChI=1S/C33H37N3O2/c1-25(2)33(24-34,28-18-10-5-11-19-28)22-12-21-30(37)36-23-13-20-29(36)32(38)35-31(26-14-6-3-7-15-26)27-16-8-4-9-17-27/h3-11,14-19,25,29,31H,12-13,20-23H2,1-2H3,(H,35,38)/t29-,33?/m0/s1. The second-order valence-electron chi connectivity index (χ2n) is 10.5. The van der Waals surface area contributed by atoms with E-state index in [0.29, 0.717) is 32.2 Å². The molecule has 0 bridgehead atoms. The van der Waals surface area contributed by atoms with Crippen LogP contribution in [-0.2, 0) is 15.0 Å². The van der Waals surface area contributed by atoms with Gasteiger partial charge in [0.2, 0.25) is 11.8 Å². The van der Waals surface area contributed by atoms with Gasteiger partial charge in [-0.25, -0.2) is 0 Å². The van der Waals surface area contributed by atoms with Gasteiger partial charge in [0, 0.05) is 13.0 Å². The molecule has 0 saturated carbocycles. The summed E-state index contributed by atoms with van der Waals surface area (Å²) in [5, 5.41) is 13.4. The number of carbonyl (C=O) groups is 2. The number of nitriles is 1. The highest BCUT2D eigenvalue weighted by Gasteiger charge is 2.38. The summed E-state index contributed by atoms with van der Waals surface area (Å²) >= 11 is 0. The van der Waals surface area contributed by atoms with Crippen molar-refractivity contribution in [2.45, 2.75) is 63.5 Å². The molecule has 2 amide bonds. The second-order valence-corrected chi connectivity index (χ2v) is 10.5. The topological polar surface area (TPSA) is 73.2 Å². The van der Waals surface area contributed by atoms with Crippen molar-refractivity contribution in [3.8, 4) is 6.07 Å². The van der Waals surface area contributed by atoms with Crippen molar-refractivity contribution in [1.29, 1.82) is 5.26 Å². The molecule has 196 valence electrons. The smallest absolute Gasteiger partial charge is 0.243 e. The Hall–Kier alpha value is -3.91. The zero-order valence-electron chi connectivity index (χ0n) is 22.3. The van der Waals surface area contributed by atoms with E-state index in [2.05, 4.69) is 25.2 Å². The number of amides is 2. The zero-order chi connectivity index (χ0) is 27.0. The molecule has 5 nitrogen and oxygen atoms in total. The predicted molar refractivity (Wildman–Crippen MR) is 150 cm³/mol. The lowest BCUT2D eigenvalue weighted by Crippen LogP contribution is -2.47. The number of hydrogen-bond acceptors (Lipinski definition) is 3. The highest BCUT2D eigenvalue weighted by molar-refractivity contribution is 5.88. The van der Waals surface area contributed by atoms with Gasteiger partial charge in [-0.2, -0.15) is 5.26 Å². The molecule has 3 aromatic rings. The number of hydrogen-bond donors (Lipinski definition) is 1. The number of carbonyl (C=O) groups excluding carboxylic acids is 2. The van der Waals surface area contributed by atoms with Crippen LogP contribution < -0.4 is 5.32 Å². The van der Waals surface area contributed by atoms with Crippen LogP contribution in [0.25, 0.3) is 0 Å². The maximum atomic E-state index is 13.5. The van der Waals surface area contributed by atoms with Crippen LogP contribution >= 0.6 is 0 Å². The van der Waals surface area contributed by atoms with Gasteiger partial charge in [0.25, 0.3) is 0 Å². The van der Waals surface area contributed by atoms with Crippen molar-refractivity contribution >= 4 is 11.8 Å². The van der Waals surface area contributed by atoms with E-state index in [1.54, 1.807) is 4.90 Å². The number of nitrogens with zero attached hydrogens (tertiary/aromatic N) is 2. The largest absolute Gasteiger partial charge is 0.343 e. The zero-order valence-corrected chi connectivity index (χ0v) is 22.3. The van der Waals surface area contributed by atoms with E-state index in [9.17, 15) is 14.9 Å². The van der Waals surface area contributed by atoms with Gasteiger partial charge in [0.1, 0.15) is 6.04 Å². The molecule has 2 atom stereocenters. The third kappa shape index (κ3) is 5.97. The van der Waals surface area contributed by atoms with E-state index in [1.165, 1.54) is 0 Å². The van der Waals surface area contributed by atoms with Crippen LogP contribution in [0, 0.1) is 17.2 Å². The van der Waals surface area contributed by atoms with E-state index in [-0.39, 0.29) is 23.8 Å². The van der Waals surface area contributed by atoms with E-state index < -0.39 is 11.5 Å². The lowest BCUT2D eigenvalue weighted by molar-refractivity contribution is -0.138. The maximum Gasteiger partial charge on any atom is 0.243 e. The Morgan fingerprint density at radius 1 is 0.947 bits per heavy atom. The summed E-state index contributed by atoms with van der Waals surface area (Å²) in [6.45, 7) is 4.72. The van der Waals surface area contributed by atoms with Gasteiger partial charge in [-0.3, -0.25) is 9.59 Å². The third-order valence-electron chi connectivity index (χ3n) is 7.86. The molecule has 1 saturated heterocycles. The minimum Gasteiger partial charge on any atom is -0.343 e. The molecule has 0 aliphatic carbocycles. The molecule has 4 rings (SSSR count). The molecule has 1 aliphatic heterocycles. The first-order chi connectivity index (χ1) is 18.5. The highest BCUT2D eigenvalue weighted by Crippen LogP contribution is 2.37. The van der Waals surface area contributed by atoms with Crippen LogP contribution in [0.4, 0.5) is 0 Å². The molecule has 1 N–H and O–H groups in total. The van der Waals surface area contributed by atoms with E-state index >= 15 is 0 Å². The molecule has 1 fully saturated rings. The summed E-state index contributed by atoms with van der Waals surface area (Å²) < 4.78 is 0. The third-order valence-corrected chi connectivity index (χ3v) is 7.86. The van der Waals surface area contributed by atoms with Crippen molar-refractivity contribution in [1.82, 2.24) is 10.2 Å². The quantitative estimate of drug-likeness (QED) is 0.357. The number of benzene rings is 3. The van der Waals surface area contributed by atoms with E-state index in [0.717, 1.165) is 23.1 Å². The Morgan fingerprint density at radius 2 is 1.50 bits per heavy atom. The molecule has 0 spiro atoms. The van der Waals surface area contributed by atoms with Gasteiger partial charge < -0.3 is 10.2 Å². The summed E-state index contributed by atoms with van der Waals surface area (Å²) in [6.07, 6.45) is 3.00. The van der Waals surface area contributed by atoms with Crippen LogP contribution in [0.1, 0.15) is 68.7 Å². The molecule has 0 aromatic heterocycles. The Labute approximate surface area is 226 Å². The molecule has 5 heteroatoms. The molecular weight excluding hydrogens is 470 g/mol. The average Bonchev–Trinajstić information content (AvgIpc) is 3.46. The minimum atomic E-state index is -0.637. The Morgan fingerprint density at radius 3 is 2.03 bits per heavy atom. The molecular formula is C33H37N3O2. The van der Waals surface area contributed by atoms with Crippen molar-refractivity contribution in [3.63, 3.8) is 0 Å². The lowest BCUT2D eigenvalue weighted by Gasteiger charge is -2.32. The van der Waals surface area contributed by atoms with Gasteiger partial charge in [-0.1, -0.05) is 105 Å². The Balaban J connectivity index is 1.43. The fraction of sp³-hybridized carbons (Fsp3) is 0.364. The highest BCUT2D eigenvalue weighted by atomic mass is 16.2. The lowest BCUT2D eigenvalue weighted by atomic mass is 9.69. The van der Waals surface area contributed by atoms with Crippen LogP contribution in [-0.4, -0.2) is 29.3 Å². The van der Waals surface area contributed by atoms with Crippen LogP contribution in [0.5, 0.6) is 0 Å². The Kier molecular flexibility index (Phi) is 8.97.